The number of nitrogens with zero attached hydrogens (tertiary/aromatic N) is 3. The highest BCUT2D eigenvalue weighted by Gasteiger charge is 2.49. The van der Waals surface area contributed by atoms with Crippen LogP contribution >= 0.6 is 11.3 Å². The SMILES string of the molecule is Cc1ccc2scc(CNc3ncc(C#N)c(NC[C@@]45CC6=CC(C[C@H](C4)C6=N)C5)n3)c2c1. The Hall–Kier alpha value is -3.24. The van der Waals surface area contributed by atoms with Gasteiger partial charge in [-0.1, -0.05) is 23.8 Å². The zero-order chi connectivity index (χ0) is 22.6. The molecule has 0 aliphatic heterocycles. The largest absolute Gasteiger partial charge is 0.368 e. The van der Waals surface area contributed by atoms with Gasteiger partial charge in [-0.2, -0.15) is 10.2 Å². The van der Waals surface area contributed by atoms with E-state index in [9.17, 15) is 5.26 Å². The quantitative estimate of drug-likeness (QED) is 0.446. The van der Waals surface area contributed by atoms with Crippen molar-refractivity contribution in [2.24, 2.45) is 17.3 Å². The first-order valence-electron chi connectivity index (χ1n) is 11.5. The third kappa shape index (κ3) is 3.59. The molecule has 1 aromatic carbocycles. The normalized spacial score (nSPS) is 25.2. The highest BCUT2D eigenvalue weighted by Crippen LogP contribution is 2.55. The Bertz CT molecular complexity index is 1350. The first kappa shape index (κ1) is 20.4. The average Bonchev–Trinajstić information content (AvgIpc) is 3.21. The van der Waals surface area contributed by atoms with Crippen molar-refractivity contribution < 1.29 is 0 Å². The van der Waals surface area contributed by atoms with Crippen LogP contribution in [0.25, 0.3) is 10.1 Å². The molecule has 3 aromatic rings. The molecule has 2 fully saturated rings. The maximum Gasteiger partial charge on any atom is 0.224 e. The molecule has 2 heterocycles. The Balaban J connectivity index is 1.18. The summed E-state index contributed by atoms with van der Waals surface area (Å²) in [6.45, 7) is 3.53. The number of nitriles is 1. The van der Waals surface area contributed by atoms with E-state index >= 15 is 0 Å². The third-order valence-electron chi connectivity index (χ3n) is 7.50. The standard InChI is InChI=1S/C26H26N6S/c1-15-2-3-22-21(4-15)20(13-33-22)12-30-25-29-11-19(10-27)24(32-25)31-14-26-7-16-5-17(8-26)23(28)18(6-16)9-26/h2-5,11,13,16,18,28H,6-9,12,14H2,1H3,(H2,29,30,31,32)/t16?,18-,26+/m1/s1. The van der Waals surface area contributed by atoms with E-state index in [4.69, 9.17) is 5.41 Å². The molecule has 0 spiro atoms. The zero-order valence-corrected chi connectivity index (χ0v) is 19.4. The van der Waals surface area contributed by atoms with Gasteiger partial charge in [0.2, 0.25) is 5.95 Å². The molecule has 0 radical (unpaired) electrons. The van der Waals surface area contributed by atoms with Gasteiger partial charge in [-0.3, -0.25) is 0 Å². The highest BCUT2D eigenvalue weighted by atomic mass is 32.1. The molecule has 4 aliphatic rings. The van der Waals surface area contributed by atoms with Crippen LogP contribution in [0.4, 0.5) is 11.8 Å². The molecule has 3 atom stereocenters. The summed E-state index contributed by atoms with van der Waals surface area (Å²) in [5.41, 5.74) is 5.22. The van der Waals surface area contributed by atoms with Gasteiger partial charge in [-0.15, -0.1) is 11.3 Å². The number of benzene rings is 1. The van der Waals surface area contributed by atoms with Crippen molar-refractivity contribution in [3.8, 4) is 6.07 Å². The second-order valence-electron chi connectivity index (χ2n) is 9.92. The van der Waals surface area contributed by atoms with Crippen LogP contribution in [0.15, 0.2) is 41.4 Å². The maximum absolute atomic E-state index is 9.60. The predicted molar refractivity (Wildman–Crippen MR) is 133 cm³/mol. The van der Waals surface area contributed by atoms with Gasteiger partial charge in [0.1, 0.15) is 17.5 Å². The van der Waals surface area contributed by atoms with E-state index in [0.717, 1.165) is 37.9 Å². The molecule has 0 amide bonds. The molecule has 7 heteroatoms. The van der Waals surface area contributed by atoms with E-state index in [-0.39, 0.29) is 5.41 Å². The summed E-state index contributed by atoms with van der Waals surface area (Å²) in [7, 11) is 0. The van der Waals surface area contributed by atoms with E-state index in [1.165, 1.54) is 26.8 Å². The zero-order valence-electron chi connectivity index (χ0n) is 18.6. The topological polar surface area (TPSA) is 97.5 Å². The summed E-state index contributed by atoms with van der Waals surface area (Å²) in [4.78, 5) is 9.04. The fourth-order valence-corrected chi connectivity index (χ4v) is 6.99. The number of thiophene rings is 1. The number of fused-ring (bicyclic) bond motifs is 1. The van der Waals surface area contributed by atoms with E-state index in [0.29, 0.717) is 35.7 Å². The lowest BCUT2D eigenvalue weighted by Gasteiger charge is -2.53. The van der Waals surface area contributed by atoms with E-state index in [1.807, 2.05) is 0 Å². The summed E-state index contributed by atoms with van der Waals surface area (Å²) in [6, 6.07) is 8.76. The van der Waals surface area contributed by atoms with Gasteiger partial charge in [-0.05, 0) is 71.9 Å². The van der Waals surface area contributed by atoms with Crippen LogP contribution in [0.2, 0.25) is 0 Å². The molecule has 4 bridgehead atoms. The van der Waals surface area contributed by atoms with Crippen LogP contribution in [-0.2, 0) is 6.54 Å². The first-order chi connectivity index (χ1) is 16.0. The number of rotatable bonds is 6. The van der Waals surface area contributed by atoms with Crippen molar-refractivity contribution in [3.63, 3.8) is 0 Å². The molecule has 6 nitrogen and oxygen atoms in total. The number of hydrogen-bond acceptors (Lipinski definition) is 7. The van der Waals surface area contributed by atoms with Crippen LogP contribution in [-0.4, -0.2) is 22.2 Å². The van der Waals surface area contributed by atoms with Crippen LogP contribution in [0.5, 0.6) is 0 Å². The van der Waals surface area contributed by atoms with E-state index in [1.54, 1.807) is 17.5 Å². The monoisotopic (exact) mass is 454 g/mol. The molecule has 2 aromatic heterocycles. The molecular weight excluding hydrogens is 428 g/mol. The van der Waals surface area contributed by atoms with Gasteiger partial charge in [0.05, 0.1) is 6.20 Å². The van der Waals surface area contributed by atoms with Crippen molar-refractivity contribution in [1.29, 1.82) is 10.7 Å². The second kappa shape index (κ2) is 7.67. The molecule has 0 saturated heterocycles. The van der Waals surface area contributed by atoms with Crippen LogP contribution in [0.1, 0.15) is 42.4 Å². The number of aromatic nitrogens is 2. The molecule has 33 heavy (non-hydrogen) atoms. The third-order valence-corrected chi connectivity index (χ3v) is 8.52. The fraction of sp³-hybridized carbons (Fsp3) is 0.385. The Labute approximate surface area is 197 Å². The Kier molecular flexibility index (Phi) is 4.73. The highest BCUT2D eigenvalue weighted by molar-refractivity contribution is 7.17. The number of aryl methyl sites for hydroxylation is 1. The Morgan fingerprint density at radius 1 is 1.30 bits per heavy atom. The van der Waals surface area contributed by atoms with Crippen LogP contribution in [0, 0.1) is 40.9 Å². The molecule has 3 N–H and O–H groups in total. The molecule has 166 valence electrons. The maximum atomic E-state index is 9.60. The number of allylic oxidation sites excluding steroid dienone is 2. The molecule has 1 unspecified atom stereocenters. The molecule has 7 rings (SSSR count). The Morgan fingerprint density at radius 2 is 2.21 bits per heavy atom. The second-order valence-corrected chi connectivity index (χ2v) is 10.8. The average molecular weight is 455 g/mol. The number of anilines is 2. The molecular formula is C26H26N6S. The Morgan fingerprint density at radius 3 is 3.06 bits per heavy atom. The summed E-state index contributed by atoms with van der Waals surface area (Å²) in [6.07, 6.45) is 8.26. The van der Waals surface area contributed by atoms with Crippen molar-refractivity contribution in [3.05, 3.63) is 58.1 Å². The predicted octanol–water partition coefficient (Wildman–Crippen LogP) is 5.66. The van der Waals surface area contributed by atoms with Crippen LogP contribution < -0.4 is 10.6 Å². The fourth-order valence-electron chi connectivity index (χ4n) is 6.05. The lowest BCUT2D eigenvalue weighted by atomic mass is 9.53. The minimum atomic E-state index is 0.168. The summed E-state index contributed by atoms with van der Waals surface area (Å²) >= 11 is 1.75. The van der Waals surface area contributed by atoms with Crippen molar-refractivity contribution >= 4 is 38.9 Å². The minimum Gasteiger partial charge on any atom is -0.368 e. The van der Waals surface area contributed by atoms with Gasteiger partial charge in [0.15, 0.2) is 0 Å². The van der Waals surface area contributed by atoms with Gasteiger partial charge in [0.25, 0.3) is 0 Å². The smallest absolute Gasteiger partial charge is 0.224 e. The number of nitrogens with one attached hydrogen (secondary N) is 3. The van der Waals surface area contributed by atoms with Crippen LogP contribution in [0.3, 0.4) is 0 Å². The van der Waals surface area contributed by atoms with E-state index in [2.05, 4.69) is 63.2 Å². The summed E-state index contributed by atoms with van der Waals surface area (Å²) < 4.78 is 1.28. The summed E-state index contributed by atoms with van der Waals surface area (Å²) in [5, 5.41) is 28.3. The molecule has 2 saturated carbocycles. The lowest BCUT2D eigenvalue weighted by molar-refractivity contribution is 0.122. The van der Waals surface area contributed by atoms with E-state index < -0.39 is 0 Å². The van der Waals surface area contributed by atoms with Gasteiger partial charge < -0.3 is 16.0 Å². The molecule has 4 aliphatic carbocycles. The number of hydrogen-bond donors (Lipinski definition) is 3. The van der Waals surface area contributed by atoms with Gasteiger partial charge >= 0.3 is 0 Å². The van der Waals surface area contributed by atoms with Gasteiger partial charge in [-0.25, -0.2) is 4.98 Å². The minimum absolute atomic E-state index is 0.168. The first-order valence-corrected chi connectivity index (χ1v) is 12.4. The van der Waals surface area contributed by atoms with Crippen molar-refractivity contribution in [1.82, 2.24) is 9.97 Å². The van der Waals surface area contributed by atoms with Gasteiger partial charge in [0, 0.05) is 29.4 Å². The summed E-state index contributed by atoms with van der Waals surface area (Å²) in [5.74, 6) is 2.13. The van der Waals surface area contributed by atoms with Crippen molar-refractivity contribution in [2.45, 2.75) is 39.2 Å². The van der Waals surface area contributed by atoms with Crippen molar-refractivity contribution in [2.75, 3.05) is 17.2 Å². The lowest BCUT2D eigenvalue weighted by Crippen LogP contribution is -2.48.